The van der Waals surface area contributed by atoms with Gasteiger partial charge in [-0.2, -0.15) is 0 Å². The number of rotatable bonds is 2. The van der Waals surface area contributed by atoms with Crippen LogP contribution >= 0.6 is 11.3 Å². The maximum atomic E-state index is 13.0. The summed E-state index contributed by atoms with van der Waals surface area (Å²) in [6.45, 7) is 3.61. The minimum atomic E-state index is -0.230. The highest BCUT2D eigenvalue weighted by Crippen LogP contribution is 2.30. The zero-order chi connectivity index (χ0) is 15.8. The van der Waals surface area contributed by atoms with Crippen LogP contribution in [0.25, 0.3) is 11.3 Å². The first-order valence-electron chi connectivity index (χ1n) is 7.47. The fourth-order valence-electron chi connectivity index (χ4n) is 2.74. The highest BCUT2D eigenvalue weighted by molar-refractivity contribution is 7.14. The Morgan fingerprint density at radius 1 is 1.17 bits per heavy atom. The minimum absolute atomic E-state index is 0.230. The van der Waals surface area contributed by atoms with E-state index in [1.165, 1.54) is 17.7 Å². The highest BCUT2D eigenvalue weighted by atomic mass is 32.1. The summed E-state index contributed by atoms with van der Waals surface area (Å²) >= 11 is 1.61. The minimum Gasteiger partial charge on any atom is -0.343 e. The quantitative estimate of drug-likeness (QED) is 0.721. The number of aromatic nitrogens is 3. The van der Waals surface area contributed by atoms with E-state index in [1.54, 1.807) is 23.5 Å². The molecule has 0 atom stereocenters. The van der Waals surface area contributed by atoms with Crippen molar-refractivity contribution in [1.82, 2.24) is 15.0 Å². The molecule has 23 heavy (non-hydrogen) atoms. The van der Waals surface area contributed by atoms with Crippen LogP contribution < -0.4 is 4.90 Å². The summed E-state index contributed by atoms with van der Waals surface area (Å²) in [4.78, 5) is 15.8. The smallest absolute Gasteiger partial charge is 0.186 e. The lowest BCUT2D eigenvalue weighted by Gasteiger charge is -2.27. The number of hydrogen-bond donors (Lipinski definition) is 0. The summed E-state index contributed by atoms with van der Waals surface area (Å²) in [6, 6.07) is 6.45. The summed E-state index contributed by atoms with van der Waals surface area (Å²) < 4.78 is 13.0. The van der Waals surface area contributed by atoms with Crippen LogP contribution in [0.15, 0.2) is 35.8 Å². The molecular weight excluding hydrogens is 311 g/mol. The van der Waals surface area contributed by atoms with Gasteiger partial charge in [0.15, 0.2) is 5.13 Å². The van der Waals surface area contributed by atoms with E-state index in [0.29, 0.717) is 0 Å². The molecule has 1 aliphatic heterocycles. The summed E-state index contributed by atoms with van der Waals surface area (Å²) in [5.41, 5.74) is 4.13. The second-order valence-electron chi connectivity index (χ2n) is 5.58. The van der Waals surface area contributed by atoms with Crippen LogP contribution in [0.5, 0.6) is 0 Å². The van der Waals surface area contributed by atoms with Gasteiger partial charge in [-0.25, -0.2) is 19.3 Å². The standard InChI is InChI=1S/C17H15FN4S/c1-11-19-8-13-9-22(7-6-15(13)20-11)17-21-16(10-23-17)12-2-4-14(18)5-3-12/h2-5,8,10H,6-7,9H2,1H3. The van der Waals surface area contributed by atoms with Crippen molar-refractivity contribution in [3.05, 3.63) is 58.7 Å². The summed E-state index contributed by atoms with van der Waals surface area (Å²) in [7, 11) is 0. The van der Waals surface area contributed by atoms with Crippen LogP contribution in [0, 0.1) is 12.7 Å². The van der Waals surface area contributed by atoms with Crippen LogP contribution in [-0.4, -0.2) is 21.5 Å². The maximum absolute atomic E-state index is 13.0. The third kappa shape index (κ3) is 2.82. The second-order valence-corrected chi connectivity index (χ2v) is 6.42. The molecular formula is C17H15FN4S. The summed E-state index contributed by atoms with van der Waals surface area (Å²) in [5, 5.41) is 3.00. The molecule has 1 aromatic carbocycles. The summed E-state index contributed by atoms with van der Waals surface area (Å²) in [5.74, 6) is 0.595. The van der Waals surface area contributed by atoms with Gasteiger partial charge in [-0.05, 0) is 31.2 Å². The fraction of sp³-hybridized carbons (Fsp3) is 0.235. The molecule has 1 aliphatic rings. The number of aryl methyl sites for hydroxylation is 1. The Hall–Kier alpha value is -2.34. The van der Waals surface area contributed by atoms with Crippen molar-refractivity contribution in [2.75, 3.05) is 11.4 Å². The molecule has 6 heteroatoms. The van der Waals surface area contributed by atoms with Gasteiger partial charge in [0.25, 0.3) is 0 Å². The topological polar surface area (TPSA) is 41.9 Å². The monoisotopic (exact) mass is 326 g/mol. The van der Waals surface area contributed by atoms with Gasteiger partial charge in [-0.1, -0.05) is 0 Å². The van der Waals surface area contributed by atoms with Gasteiger partial charge in [0.1, 0.15) is 11.6 Å². The molecule has 3 aromatic rings. The molecule has 0 amide bonds. The van der Waals surface area contributed by atoms with Gasteiger partial charge in [-0.3, -0.25) is 0 Å². The Kier molecular flexibility index (Phi) is 3.53. The number of halogens is 1. The normalized spacial score (nSPS) is 13.9. The first kappa shape index (κ1) is 14.3. The van der Waals surface area contributed by atoms with Crippen LogP contribution in [0.4, 0.5) is 9.52 Å². The lowest BCUT2D eigenvalue weighted by molar-refractivity contribution is 0.628. The largest absolute Gasteiger partial charge is 0.343 e. The van der Waals surface area contributed by atoms with Crippen molar-refractivity contribution in [3.63, 3.8) is 0 Å². The van der Waals surface area contributed by atoms with Gasteiger partial charge >= 0.3 is 0 Å². The van der Waals surface area contributed by atoms with Crippen molar-refractivity contribution in [1.29, 1.82) is 0 Å². The molecule has 2 aromatic heterocycles. The molecule has 0 saturated carbocycles. The van der Waals surface area contributed by atoms with E-state index in [9.17, 15) is 4.39 Å². The Labute approximate surface area is 137 Å². The van der Waals surface area contributed by atoms with E-state index in [2.05, 4.69) is 14.9 Å². The Balaban J connectivity index is 1.58. The molecule has 0 spiro atoms. The third-order valence-corrected chi connectivity index (χ3v) is 4.86. The highest BCUT2D eigenvalue weighted by Gasteiger charge is 2.20. The number of anilines is 1. The van der Waals surface area contributed by atoms with Crippen LogP contribution in [0.2, 0.25) is 0 Å². The number of thiazole rings is 1. The fourth-order valence-corrected chi connectivity index (χ4v) is 3.60. The first-order chi connectivity index (χ1) is 11.2. The Bertz CT molecular complexity index is 844. The molecule has 116 valence electrons. The number of nitrogens with zero attached hydrogens (tertiary/aromatic N) is 4. The van der Waals surface area contributed by atoms with Gasteiger partial charge in [0.2, 0.25) is 0 Å². The molecule has 0 unspecified atom stereocenters. The van der Waals surface area contributed by atoms with Crippen LogP contribution in [0.1, 0.15) is 17.1 Å². The molecule has 0 aliphatic carbocycles. The van der Waals surface area contributed by atoms with E-state index >= 15 is 0 Å². The number of fused-ring (bicyclic) bond motifs is 1. The van der Waals surface area contributed by atoms with Crippen molar-refractivity contribution < 1.29 is 4.39 Å². The van der Waals surface area contributed by atoms with Crippen LogP contribution in [-0.2, 0) is 13.0 Å². The Morgan fingerprint density at radius 2 is 2.00 bits per heavy atom. The van der Waals surface area contributed by atoms with E-state index in [0.717, 1.165) is 47.4 Å². The van der Waals surface area contributed by atoms with Crippen molar-refractivity contribution in [2.45, 2.75) is 19.9 Å². The van der Waals surface area contributed by atoms with E-state index in [4.69, 9.17) is 4.98 Å². The number of benzene rings is 1. The summed E-state index contributed by atoms with van der Waals surface area (Å²) in [6.07, 6.45) is 2.82. The molecule has 0 bridgehead atoms. The van der Waals surface area contributed by atoms with E-state index in [-0.39, 0.29) is 5.82 Å². The molecule has 0 radical (unpaired) electrons. The predicted molar refractivity (Wildman–Crippen MR) is 89.0 cm³/mol. The van der Waals surface area contributed by atoms with Gasteiger partial charge in [-0.15, -0.1) is 11.3 Å². The average molecular weight is 326 g/mol. The van der Waals surface area contributed by atoms with E-state index in [1.807, 2.05) is 18.5 Å². The molecule has 4 rings (SSSR count). The second kappa shape index (κ2) is 5.70. The third-order valence-electron chi connectivity index (χ3n) is 3.96. The molecule has 0 N–H and O–H groups in total. The average Bonchev–Trinajstić information content (AvgIpc) is 3.05. The van der Waals surface area contributed by atoms with Gasteiger partial charge in [0.05, 0.1) is 11.4 Å². The van der Waals surface area contributed by atoms with Crippen molar-refractivity contribution in [3.8, 4) is 11.3 Å². The zero-order valence-electron chi connectivity index (χ0n) is 12.7. The number of hydrogen-bond acceptors (Lipinski definition) is 5. The van der Waals surface area contributed by atoms with E-state index < -0.39 is 0 Å². The Morgan fingerprint density at radius 3 is 2.83 bits per heavy atom. The predicted octanol–water partition coefficient (Wildman–Crippen LogP) is 3.61. The first-order valence-corrected chi connectivity index (χ1v) is 8.35. The van der Waals surface area contributed by atoms with Crippen molar-refractivity contribution in [2.24, 2.45) is 0 Å². The lowest BCUT2D eigenvalue weighted by Crippen LogP contribution is -2.31. The van der Waals surface area contributed by atoms with Gasteiger partial charge < -0.3 is 4.90 Å². The lowest BCUT2D eigenvalue weighted by atomic mass is 10.1. The van der Waals surface area contributed by atoms with Crippen molar-refractivity contribution >= 4 is 16.5 Å². The maximum Gasteiger partial charge on any atom is 0.186 e. The SMILES string of the molecule is Cc1ncc2c(n1)CCN(c1nc(-c3ccc(F)cc3)cs1)C2. The van der Waals surface area contributed by atoms with Crippen LogP contribution in [0.3, 0.4) is 0 Å². The molecule has 0 saturated heterocycles. The van der Waals surface area contributed by atoms with Gasteiger partial charge in [0, 0.05) is 42.2 Å². The molecule has 0 fully saturated rings. The zero-order valence-corrected chi connectivity index (χ0v) is 13.5. The molecule has 3 heterocycles. The molecule has 4 nitrogen and oxygen atoms in total.